The fraction of sp³-hybridized carbons (Fsp3) is 0. The normalized spacial score (nSPS) is 11.5. The Morgan fingerprint density at radius 1 is 1.29 bits per heavy atom. The summed E-state index contributed by atoms with van der Waals surface area (Å²) in [5.74, 6) is 0. The molecule has 0 fully saturated rings. The van der Waals surface area contributed by atoms with Gasteiger partial charge in [0.15, 0.2) is 4.96 Å². The average molecular weight is 243 g/mol. The predicted octanol–water partition coefficient (Wildman–Crippen LogP) is 2.87. The molecule has 0 aliphatic rings. The van der Waals surface area contributed by atoms with Crippen LogP contribution in [0.25, 0.3) is 16.2 Å². The van der Waals surface area contributed by atoms with E-state index < -0.39 is 0 Å². The van der Waals surface area contributed by atoms with Gasteiger partial charge in [-0.25, -0.2) is 4.98 Å². The second-order valence-corrected chi connectivity index (χ2v) is 4.38. The minimum absolute atomic E-state index is 0.787. The lowest BCUT2D eigenvalue weighted by Gasteiger charge is -1.97. The summed E-state index contributed by atoms with van der Waals surface area (Å²) in [6.07, 6.45) is 3.32. The molecule has 0 bridgehead atoms. The number of thiazole rings is 1. The van der Waals surface area contributed by atoms with E-state index in [-0.39, 0.29) is 0 Å². The van der Waals surface area contributed by atoms with Crippen molar-refractivity contribution in [3.8, 4) is 11.3 Å². The molecule has 1 aromatic carbocycles. The van der Waals surface area contributed by atoms with Crippen LogP contribution in [0.1, 0.15) is 5.69 Å². The summed E-state index contributed by atoms with van der Waals surface area (Å²) >= 11 is 1.55. The molecule has 2 heterocycles. The Morgan fingerprint density at radius 2 is 2.12 bits per heavy atom. The number of nitrogens with zero attached hydrogens (tertiary/aromatic N) is 3. The highest BCUT2D eigenvalue weighted by atomic mass is 32.1. The van der Waals surface area contributed by atoms with Gasteiger partial charge in [0.25, 0.3) is 0 Å². The number of hydrogen-bond acceptors (Lipinski definition) is 4. The summed E-state index contributed by atoms with van der Waals surface area (Å²) in [5, 5.41) is 13.8. The number of fused-ring (bicyclic) bond motifs is 1. The van der Waals surface area contributed by atoms with Gasteiger partial charge in [-0.1, -0.05) is 35.5 Å². The molecule has 0 spiro atoms. The first-order chi connectivity index (χ1) is 8.40. The van der Waals surface area contributed by atoms with Gasteiger partial charge in [0.2, 0.25) is 0 Å². The van der Waals surface area contributed by atoms with Crippen LogP contribution in [0.3, 0.4) is 0 Å². The van der Waals surface area contributed by atoms with E-state index in [2.05, 4.69) is 10.1 Å². The molecule has 2 aromatic heterocycles. The van der Waals surface area contributed by atoms with Gasteiger partial charge in [0.1, 0.15) is 0 Å². The van der Waals surface area contributed by atoms with Gasteiger partial charge in [0, 0.05) is 17.1 Å². The zero-order valence-electron chi connectivity index (χ0n) is 8.82. The first kappa shape index (κ1) is 10.0. The minimum atomic E-state index is 0.787. The number of aromatic nitrogens is 2. The van der Waals surface area contributed by atoms with Crippen LogP contribution in [0, 0.1) is 0 Å². The van der Waals surface area contributed by atoms with E-state index in [1.807, 2.05) is 46.3 Å². The fourth-order valence-corrected chi connectivity index (χ4v) is 2.51. The quantitative estimate of drug-likeness (QED) is 0.427. The van der Waals surface area contributed by atoms with Crippen LogP contribution in [-0.4, -0.2) is 20.8 Å². The largest absolute Gasteiger partial charge is 0.411 e. The predicted molar refractivity (Wildman–Crippen MR) is 67.9 cm³/mol. The Bertz CT molecular complexity index is 669. The molecule has 0 amide bonds. The molecule has 4 nitrogen and oxygen atoms in total. The van der Waals surface area contributed by atoms with Crippen molar-refractivity contribution < 1.29 is 5.21 Å². The first-order valence-corrected chi connectivity index (χ1v) is 5.96. The SMILES string of the molecule is O/N=C/c1c(-c2ccccc2)nc2sccn12. The number of benzene rings is 1. The van der Waals surface area contributed by atoms with Gasteiger partial charge in [-0.2, -0.15) is 0 Å². The fourth-order valence-electron chi connectivity index (χ4n) is 1.79. The van der Waals surface area contributed by atoms with Gasteiger partial charge >= 0.3 is 0 Å². The van der Waals surface area contributed by atoms with E-state index >= 15 is 0 Å². The van der Waals surface area contributed by atoms with Crippen LogP contribution in [0.2, 0.25) is 0 Å². The molecule has 1 N–H and O–H groups in total. The third kappa shape index (κ3) is 1.60. The molecule has 0 aliphatic heterocycles. The molecule has 3 aromatic rings. The molecule has 0 unspecified atom stereocenters. The second-order valence-electron chi connectivity index (χ2n) is 3.51. The average Bonchev–Trinajstić information content (AvgIpc) is 2.93. The Hall–Kier alpha value is -2.14. The van der Waals surface area contributed by atoms with E-state index in [9.17, 15) is 0 Å². The highest BCUT2D eigenvalue weighted by Crippen LogP contribution is 2.25. The van der Waals surface area contributed by atoms with Crippen molar-refractivity contribution in [2.24, 2.45) is 5.16 Å². The Labute approximate surface area is 101 Å². The molecule has 0 radical (unpaired) electrons. The lowest BCUT2D eigenvalue weighted by atomic mass is 10.1. The first-order valence-electron chi connectivity index (χ1n) is 5.08. The molecule has 17 heavy (non-hydrogen) atoms. The van der Waals surface area contributed by atoms with Crippen LogP contribution < -0.4 is 0 Å². The second kappa shape index (κ2) is 4.03. The maximum atomic E-state index is 8.74. The van der Waals surface area contributed by atoms with Crippen molar-refractivity contribution in [3.05, 3.63) is 47.6 Å². The summed E-state index contributed by atoms with van der Waals surface area (Å²) in [4.78, 5) is 5.43. The lowest BCUT2D eigenvalue weighted by Crippen LogP contribution is -1.90. The van der Waals surface area contributed by atoms with Gasteiger partial charge in [-0.05, 0) is 0 Å². The number of oxime groups is 1. The molecule has 0 saturated heterocycles. The highest BCUT2D eigenvalue weighted by Gasteiger charge is 2.12. The zero-order chi connectivity index (χ0) is 11.7. The third-order valence-electron chi connectivity index (χ3n) is 2.53. The van der Waals surface area contributed by atoms with Gasteiger partial charge in [-0.15, -0.1) is 11.3 Å². The van der Waals surface area contributed by atoms with Crippen molar-refractivity contribution in [2.45, 2.75) is 0 Å². The number of hydrogen-bond donors (Lipinski definition) is 1. The maximum absolute atomic E-state index is 8.74. The molecular weight excluding hydrogens is 234 g/mol. The van der Waals surface area contributed by atoms with Gasteiger partial charge in [-0.3, -0.25) is 4.40 Å². The summed E-state index contributed by atoms with van der Waals surface area (Å²) in [7, 11) is 0. The molecular formula is C12H9N3OS. The molecule has 84 valence electrons. The van der Waals surface area contributed by atoms with Crippen molar-refractivity contribution in [1.82, 2.24) is 9.38 Å². The molecule has 0 atom stereocenters. The number of imidazole rings is 1. The van der Waals surface area contributed by atoms with Crippen LogP contribution in [-0.2, 0) is 0 Å². The minimum Gasteiger partial charge on any atom is -0.411 e. The summed E-state index contributed by atoms with van der Waals surface area (Å²) in [6, 6.07) is 9.86. The van der Waals surface area contributed by atoms with Crippen molar-refractivity contribution in [2.75, 3.05) is 0 Å². The van der Waals surface area contributed by atoms with Gasteiger partial charge in [0.05, 0.1) is 17.6 Å². The molecule has 3 rings (SSSR count). The van der Waals surface area contributed by atoms with Crippen molar-refractivity contribution in [1.29, 1.82) is 0 Å². The van der Waals surface area contributed by atoms with Crippen molar-refractivity contribution in [3.63, 3.8) is 0 Å². The molecule has 5 heteroatoms. The van der Waals surface area contributed by atoms with E-state index in [0.717, 1.165) is 21.9 Å². The third-order valence-corrected chi connectivity index (χ3v) is 3.28. The van der Waals surface area contributed by atoms with E-state index in [1.54, 1.807) is 11.3 Å². The standard InChI is InChI=1S/C12H9N3OS/c16-13-8-10-11(9-4-2-1-3-5-9)14-12-15(10)6-7-17-12/h1-8,16H/b13-8+. The van der Waals surface area contributed by atoms with Gasteiger partial charge < -0.3 is 5.21 Å². The van der Waals surface area contributed by atoms with Crippen LogP contribution >= 0.6 is 11.3 Å². The Balaban J connectivity index is 2.28. The lowest BCUT2D eigenvalue weighted by molar-refractivity contribution is 0.321. The maximum Gasteiger partial charge on any atom is 0.194 e. The molecule has 0 aliphatic carbocycles. The Kier molecular flexibility index (Phi) is 2.38. The molecule has 0 saturated carbocycles. The Morgan fingerprint density at radius 3 is 2.88 bits per heavy atom. The van der Waals surface area contributed by atoms with Crippen LogP contribution in [0.4, 0.5) is 0 Å². The van der Waals surface area contributed by atoms with Crippen LogP contribution in [0.15, 0.2) is 47.1 Å². The monoisotopic (exact) mass is 243 g/mol. The van der Waals surface area contributed by atoms with E-state index in [0.29, 0.717) is 0 Å². The van der Waals surface area contributed by atoms with E-state index in [1.165, 1.54) is 6.21 Å². The summed E-state index contributed by atoms with van der Waals surface area (Å²) < 4.78 is 1.91. The van der Waals surface area contributed by atoms with E-state index in [4.69, 9.17) is 5.21 Å². The smallest absolute Gasteiger partial charge is 0.194 e. The summed E-state index contributed by atoms with van der Waals surface area (Å²) in [6.45, 7) is 0. The topological polar surface area (TPSA) is 49.9 Å². The van der Waals surface area contributed by atoms with Crippen LogP contribution in [0.5, 0.6) is 0 Å². The number of rotatable bonds is 2. The van der Waals surface area contributed by atoms with Crippen molar-refractivity contribution >= 4 is 22.5 Å². The highest BCUT2D eigenvalue weighted by molar-refractivity contribution is 7.15. The summed E-state index contributed by atoms with van der Waals surface area (Å²) in [5.41, 5.74) is 2.63. The zero-order valence-corrected chi connectivity index (χ0v) is 9.63.